The molecule has 6 nitrogen and oxygen atoms in total. The van der Waals surface area contributed by atoms with Crippen molar-refractivity contribution in [1.29, 1.82) is 0 Å². The van der Waals surface area contributed by atoms with E-state index in [2.05, 4.69) is 17.4 Å². The smallest absolute Gasteiger partial charge is 0.224 e. The molecule has 0 aliphatic rings. The average Bonchev–Trinajstić information content (AvgIpc) is 3.11. The summed E-state index contributed by atoms with van der Waals surface area (Å²) in [6.07, 6.45) is 0.934. The topological polar surface area (TPSA) is 68.5 Å². The van der Waals surface area contributed by atoms with Crippen molar-refractivity contribution < 1.29 is 9.53 Å². The van der Waals surface area contributed by atoms with Gasteiger partial charge in [0.15, 0.2) is 5.65 Å². The number of nitrogens with one attached hydrogen (secondary N) is 1. The number of aryl methyl sites for hydroxylation is 3. The van der Waals surface area contributed by atoms with Gasteiger partial charge in [-0.15, -0.1) is 0 Å². The normalized spacial score (nSPS) is 11.0. The van der Waals surface area contributed by atoms with Gasteiger partial charge in [0.25, 0.3) is 0 Å². The number of amides is 1. The van der Waals surface area contributed by atoms with Crippen molar-refractivity contribution in [3.05, 3.63) is 77.2 Å². The van der Waals surface area contributed by atoms with E-state index in [9.17, 15) is 4.79 Å². The summed E-state index contributed by atoms with van der Waals surface area (Å²) in [4.78, 5) is 17.5. The molecule has 32 heavy (non-hydrogen) atoms. The zero-order valence-electron chi connectivity index (χ0n) is 19.0. The average molecular weight is 429 g/mol. The maximum absolute atomic E-state index is 12.7. The fourth-order valence-electron chi connectivity index (χ4n) is 4.08. The lowest BCUT2D eigenvalue weighted by molar-refractivity contribution is -0.116. The minimum absolute atomic E-state index is 0.0577. The molecule has 2 aromatic heterocycles. The third-order valence-electron chi connectivity index (χ3n) is 5.63. The van der Waals surface area contributed by atoms with Gasteiger partial charge in [0.2, 0.25) is 5.91 Å². The minimum Gasteiger partial charge on any atom is -0.492 e. The molecule has 0 fully saturated rings. The molecule has 0 unspecified atom stereocenters. The van der Waals surface area contributed by atoms with Crippen LogP contribution in [-0.2, 0) is 11.2 Å². The van der Waals surface area contributed by atoms with Gasteiger partial charge in [0.05, 0.1) is 18.0 Å². The van der Waals surface area contributed by atoms with Crippen molar-refractivity contribution in [2.24, 2.45) is 0 Å². The van der Waals surface area contributed by atoms with E-state index in [1.165, 1.54) is 0 Å². The highest BCUT2D eigenvalue weighted by atomic mass is 16.5. The summed E-state index contributed by atoms with van der Waals surface area (Å²) >= 11 is 0. The summed E-state index contributed by atoms with van der Waals surface area (Å²) in [5, 5.41) is 7.72. The summed E-state index contributed by atoms with van der Waals surface area (Å²) < 4.78 is 7.51. The Morgan fingerprint density at radius 1 is 1.00 bits per heavy atom. The molecule has 0 bridgehead atoms. The van der Waals surface area contributed by atoms with Crippen LogP contribution in [0.5, 0.6) is 5.75 Å². The second-order valence-corrected chi connectivity index (χ2v) is 7.80. The number of ether oxygens (including phenoxy) is 1. The molecule has 0 aliphatic heterocycles. The van der Waals surface area contributed by atoms with Crippen molar-refractivity contribution >= 4 is 17.2 Å². The van der Waals surface area contributed by atoms with E-state index in [0.29, 0.717) is 30.9 Å². The zero-order valence-corrected chi connectivity index (χ0v) is 19.0. The largest absolute Gasteiger partial charge is 0.492 e. The third kappa shape index (κ3) is 4.21. The van der Waals surface area contributed by atoms with Crippen LogP contribution in [0.2, 0.25) is 0 Å². The highest BCUT2D eigenvalue weighted by molar-refractivity contribution is 5.92. The van der Waals surface area contributed by atoms with Crippen LogP contribution in [0, 0.1) is 20.8 Å². The molecule has 4 rings (SSSR count). The Hall–Kier alpha value is -3.67. The standard InChI is InChI=1S/C26H28N4O2/c1-5-32-23-14-10-9-13-22(23)28-24(31)16-15-21-17(2)27-26-25(20-11-7-6-8-12-20)18(3)29-30(26)19(21)4/h6-14H,5,15-16H2,1-4H3,(H,28,31). The Morgan fingerprint density at radius 2 is 1.72 bits per heavy atom. The van der Waals surface area contributed by atoms with E-state index < -0.39 is 0 Å². The number of benzene rings is 2. The van der Waals surface area contributed by atoms with E-state index >= 15 is 0 Å². The number of hydrogen-bond donors (Lipinski definition) is 1. The van der Waals surface area contributed by atoms with Crippen molar-refractivity contribution in [3.63, 3.8) is 0 Å². The number of aromatic nitrogens is 3. The molecule has 2 aromatic carbocycles. The highest BCUT2D eigenvalue weighted by Crippen LogP contribution is 2.29. The monoisotopic (exact) mass is 428 g/mol. The maximum Gasteiger partial charge on any atom is 0.224 e. The molecule has 164 valence electrons. The van der Waals surface area contributed by atoms with Crippen LogP contribution in [-0.4, -0.2) is 27.1 Å². The van der Waals surface area contributed by atoms with Crippen molar-refractivity contribution in [1.82, 2.24) is 14.6 Å². The van der Waals surface area contributed by atoms with Crippen molar-refractivity contribution in [3.8, 4) is 16.9 Å². The lowest BCUT2D eigenvalue weighted by Gasteiger charge is -2.13. The van der Waals surface area contributed by atoms with Gasteiger partial charge < -0.3 is 10.1 Å². The van der Waals surface area contributed by atoms with Gasteiger partial charge in [0, 0.05) is 23.4 Å². The van der Waals surface area contributed by atoms with Crippen LogP contribution in [0.4, 0.5) is 5.69 Å². The molecule has 0 aliphatic carbocycles. The van der Waals surface area contributed by atoms with E-state index in [-0.39, 0.29) is 5.91 Å². The van der Waals surface area contributed by atoms with Gasteiger partial charge in [-0.05, 0) is 57.4 Å². The first kappa shape index (κ1) is 21.6. The molecule has 6 heteroatoms. The number of anilines is 1. The van der Waals surface area contributed by atoms with E-state index in [0.717, 1.165) is 39.4 Å². The second kappa shape index (κ2) is 9.22. The van der Waals surface area contributed by atoms with Gasteiger partial charge in [-0.1, -0.05) is 42.5 Å². The van der Waals surface area contributed by atoms with Gasteiger partial charge in [-0.2, -0.15) is 5.10 Å². The molecule has 0 atom stereocenters. The number of hydrogen-bond acceptors (Lipinski definition) is 4. The molecular formula is C26H28N4O2. The van der Waals surface area contributed by atoms with E-state index in [4.69, 9.17) is 14.8 Å². The Bertz CT molecular complexity index is 1260. The molecular weight excluding hydrogens is 400 g/mol. The number of carbonyl (C=O) groups excluding carboxylic acids is 1. The molecule has 0 radical (unpaired) electrons. The molecule has 1 amide bonds. The predicted octanol–water partition coefficient (Wildman–Crippen LogP) is 5.29. The van der Waals surface area contributed by atoms with Crippen LogP contribution in [0.1, 0.15) is 36.0 Å². The van der Waals surface area contributed by atoms with Gasteiger partial charge in [-0.3, -0.25) is 4.79 Å². The fraction of sp³-hybridized carbons (Fsp3) is 0.269. The number of fused-ring (bicyclic) bond motifs is 1. The summed E-state index contributed by atoms with van der Waals surface area (Å²) in [5.74, 6) is 0.622. The van der Waals surface area contributed by atoms with Crippen LogP contribution in [0.3, 0.4) is 0 Å². The minimum atomic E-state index is -0.0577. The van der Waals surface area contributed by atoms with Gasteiger partial charge in [0.1, 0.15) is 5.75 Å². The van der Waals surface area contributed by atoms with Crippen molar-refractivity contribution in [2.45, 2.75) is 40.5 Å². The first-order chi connectivity index (χ1) is 15.5. The lowest BCUT2D eigenvalue weighted by atomic mass is 10.0. The first-order valence-corrected chi connectivity index (χ1v) is 10.9. The molecule has 0 saturated carbocycles. The molecule has 0 spiro atoms. The maximum atomic E-state index is 12.7. The third-order valence-corrected chi connectivity index (χ3v) is 5.63. The lowest BCUT2D eigenvalue weighted by Crippen LogP contribution is -2.15. The van der Waals surface area contributed by atoms with Crippen molar-refractivity contribution in [2.75, 3.05) is 11.9 Å². The number of nitrogens with zero attached hydrogens (tertiary/aromatic N) is 3. The zero-order chi connectivity index (χ0) is 22.7. The Labute approximate surface area is 188 Å². The van der Waals surface area contributed by atoms with E-state index in [1.807, 2.05) is 74.7 Å². The quantitative estimate of drug-likeness (QED) is 0.434. The Balaban J connectivity index is 1.57. The second-order valence-electron chi connectivity index (χ2n) is 7.80. The highest BCUT2D eigenvalue weighted by Gasteiger charge is 2.18. The molecule has 0 saturated heterocycles. The van der Waals surface area contributed by atoms with E-state index in [1.54, 1.807) is 0 Å². The van der Waals surface area contributed by atoms with Gasteiger partial charge in [-0.25, -0.2) is 9.50 Å². The van der Waals surface area contributed by atoms with Crippen LogP contribution < -0.4 is 10.1 Å². The van der Waals surface area contributed by atoms with Crippen LogP contribution in [0.15, 0.2) is 54.6 Å². The van der Waals surface area contributed by atoms with Crippen LogP contribution in [0.25, 0.3) is 16.8 Å². The van der Waals surface area contributed by atoms with Gasteiger partial charge >= 0.3 is 0 Å². The molecule has 4 aromatic rings. The molecule has 1 N–H and O–H groups in total. The summed E-state index contributed by atoms with van der Waals surface area (Å²) in [7, 11) is 0. The Morgan fingerprint density at radius 3 is 2.47 bits per heavy atom. The number of carbonyl (C=O) groups is 1. The molecule has 2 heterocycles. The summed E-state index contributed by atoms with van der Waals surface area (Å²) in [6, 6.07) is 17.7. The first-order valence-electron chi connectivity index (χ1n) is 10.9. The number of para-hydroxylation sites is 2. The Kier molecular flexibility index (Phi) is 6.21. The predicted molar refractivity (Wildman–Crippen MR) is 127 cm³/mol. The number of rotatable bonds is 7. The SMILES string of the molecule is CCOc1ccccc1NC(=O)CCc1c(C)nc2c(-c3ccccc3)c(C)nn2c1C. The summed E-state index contributed by atoms with van der Waals surface area (Å²) in [6.45, 7) is 8.52. The van der Waals surface area contributed by atoms with Crippen LogP contribution >= 0.6 is 0 Å². The summed E-state index contributed by atoms with van der Waals surface area (Å²) in [5.41, 5.74) is 7.62. The fourth-order valence-corrected chi connectivity index (χ4v) is 4.08.